The van der Waals surface area contributed by atoms with Gasteiger partial charge in [0.1, 0.15) is 40.8 Å². The van der Waals surface area contributed by atoms with E-state index in [2.05, 4.69) is 20.3 Å². The number of aromatic amines is 1. The van der Waals surface area contributed by atoms with Crippen molar-refractivity contribution in [2.24, 2.45) is 0 Å². The van der Waals surface area contributed by atoms with Crippen molar-refractivity contribution in [1.29, 1.82) is 0 Å². The summed E-state index contributed by atoms with van der Waals surface area (Å²) in [5, 5.41) is 4.19. The van der Waals surface area contributed by atoms with E-state index >= 15 is 0 Å². The van der Waals surface area contributed by atoms with Gasteiger partial charge in [0.15, 0.2) is 0 Å². The third kappa shape index (κ3) is 3.30. The minimum atomic E-state index is -0.555. The molecule has 8 heteroatoms. The Morgan fingerprint density at radius 3 is 2.72 bits per heavy atom. The van der Waals surface area contributed by atoms with Gasteiger partial charge >= 0.3 is 0 Å². The highest BCUT2D eigenvalue weighted by Crippen LogP contribution is 2.32. The summed E-state index contributed by atoms with van der Waals surface area (Å²) in [6, 6.07) is 8.93. The number of nitrogens with one attached hydrogen (secondary N) is 2. The van der Waals surface area contributed by atoms with Crippen LogP contribution in [0.25, 0.3) is 33.1 Å². The zero-order valence-corrected chi connectivity index (χ0v) is 17.2. The van der Waals surface area contributed by atoms with Crippen molar-refractivity contribution >= 4 is 27.8 Å². The van der Waals surface area contributed by atoms with E-state index in [0.29, 0.717) is 22.8 Å². The predicted octanol–water partition coefficient (Wildman–Crippen LogP) is 5.49. The minimum absolute atomic E-state index is 0.0890. The van der Waals surface area contributed by atoms with Crippen molar-refractivity contribution in [2.75, 3.05) is 5.32 Å². The SMILES string of the molecule is Cc1c[nH]c2ncnc(N[C@H](C)c3oc4ccc(F)cc4c(=O)c3-c3cccc(F)c3)c12. The molecular weight excluding hydrogens is 414 g/mol. The highest BCUT2D eigenvalue weighted by molar-refractivity contribution is 5.90. The molecule has 0 radical (unpaired) electrons. The lowest BCUT2D eigenvalue weighted by atomic mass is 9.99. The number of hydrogen-bond donors (Lipinski definition) is 2. The van der Waals surface area contributed by atoms with E-state index in [1.165, 1.54) is 36.7 Å². The zero-order valence-electron chi connectivity index (χ0n) is 17.2. The second kappa shape index (κ2) is 7.56. The minimum Gasteiger partial charge on any atom is -0.458 e. The molecule has 3 aromatic heterocycles. The van der Waals surface area contributed by atoms with Crippen LogP contribution < -0.4 is 10.7 Å². The van der Waals surface area contributed by atoms with E-state index in [1.54, 1.807) is 6.07 Å². The second-order valence-corrected chi connectivity index (χ2v) is 7.60. The largest absolute Gasteiger partial charge is 0.458 e. The van der Waals surface area contributed by atoms with Crippen molar-refractivity contribution in [2.45, 2.75) is 19.9 Å². The molecule has 160 valence electrons. The summed E-state index contributed by atoms with van der Waals surface area (Å²) in [5.41, 5.74) is 1.94. The molecule has 1 atom stereocenters. The number of benzene rings is 2. The summed E-state index contributed by atoms with van der Waals surface area (Å²) in [4.78, 5) is 25.0. The number of H-pyrrole nitrogens is 1. The summed E-state index contributed by atoms with van der Waals surface area (Å²) in [6.07, 6.45) is 3.26. The Kier molecular flexibility index (Phi) is 4.70. The first-order valence-electron chi connectivity index (χ1n) is 10.00. The summed E-state index contributed by atoms with van der Waals surface area (Å²) in [7, 11) is 0. The van der Waals surface area contributed by atoms with Crippen LogP contribution in [0.5, 0.6) is 0 Å². The van der Waals surface area contributed by atoms with Crippen molar-refractivity contribution < 1.29 is 13.2 Å². The number of fused-ring (bicyclic) bond motifs is 2. The molecule has 0 fully saturated rings. The van der Waals surface area contributed by atoms with Crippen LogP contribution in [-0.4, -0.2) is 15.0 Å². The molecule has 0 bridgehead atoms. The van der Waals surface area contributed by atoms with Crippen LogP contribution in [0.4, 0.5) is 14.6 Å². The molecule has 2 N–H and O–H groups in total. The zero-order chi connectivity index (χ0) is 22.4. The fraction of sp³-hybridized carbons (Fsp3) is 0.125. The molecule has 0 saturated heterocycles. The molecule has 3 heterocycles. The van der Waals surface area contributed by atoms with Gasteiger partial charge in [0.05, 0.1) is 22.4 Å². The van der Waals surface area contributed by atoms with Gasteiger partial charge in [-0.25, -0.2) is 18.7 Å². The first-order chi connectivity index (χ1) is 15.4. The summed E-state index contributed by atoms with van der Waals surface area (Å²) >= 11 is 0. The number of anilines is 1. The monoisotopic (exact) mass is 432 g/mol. The number of aromatic nitrogens is 3. The van der Waals surface area contributed by atoms with Gasteiger partial charge in [0.2, 0.25) is 5.43 Å². The Labute approximate surface area is 180 Å². The predicted molar refractivity (Wildman–Crippen MR) is 118 cm³/mol. The molecular formula is C24H18F2N4O2. The van der Waals surface area contributed by atoms with E-state index in [-0.39, 0.29) is 16.5 Å². The van der Waals surface area contributed by atoms with Crippen LogP contribution in [0.15, 0.2) is 64.2 Å². The Hall–Kier alpha value is -4.07. The summed E-state index contributed by atoms with van der Waals surface area (Å²) in [6.45, 7) is 3.74. The molecule has 6 nitrogen and oxygen atoms in total. The van der Waals surface area contributed by atoms with Crippen LogP contribution in [0, 0.1) is 18.6 Å². The van der Waals surface area contributed by atoms with E-state index < -0.39 is 23.1 Å². The molecule has 32 heavy (non-hydrogen) atoms. The first-order valence-corrected chi connectivity index (χ1v) is 10.00. The van der Waals surface area contributed by atoms with Crippen molar-refractivity contribution in [3.05, 3.63) is 88.2 Å². The van der Waals surface area contributed by atoms with Gasteiger partial charge in [-0.05, 0) is 55.3 Å². The highest BCUT2D eigenvalue weighted by Gasteiger charge is 2.23. The lowest BCUT2D eigenvalue weighted by Gasteiger charge is -2.18. The molecule has 5 aromatic rings. The number of hydrogen-bond acceptors (Lipinski definition) is 5. The van der Waals surface area contributed by atoms with E-state index in [4.69, 9.17) is 4.42 Å². The summed E-state index contributed by atoms with van der Waals surface area (Å²) in [5.74, 6) is -0.193. The fourth-order valence-electron chi connectivity index (χ4n) is 3.90. The molecule has 2 aromatic carbocycles. The van der Waals surface area contributed by atoms with Crippen molar-refractivity contribution in [1.82, 2.24) is 15.0 Å². The molecule has 5 rings (SSSR count). The van der Waals surface area contributed by atoms with E-state index in [9.17, 15) is 13.6 Å². The molecule has 0 spiro atoms. The molecule has 0 amide bonds. The number of halogens is 2. The van der Waals surface area contributed by atoms with Gasteiger partial charge in [0, 0.05) is 6.20 Å². The molecule has 0 unspecified atom stereocenters. The maximum Gasteiger partial charge on any atom is 0.200 e. The van der Waals surface area contributed by atoms with E-state index in [1.807, 2.05) is 20.0 Å². The lowest BCUT2D eigenvalue weighted by Crippen LogP contribution is -2.16. The standard InChI is InChI=1S/C24H18F2N4O2/c1-12-10-27-23-19(12)24(29-11-28-23)30-13(2)22-20(14-4-3-5-15(25)8-14)21(31)17-9-16(26)6-7-18(17)32-22/h3-11,13H,1-2H3,(H2,27,28,29,30)/t13-/m1/s1. The smallest absolute Gasteiger partial charge is 0.200 e. The average molecular weight is 432 g/mol. The lowest BCUT2D eigenvalue weighted by molar-refractivity contribution is 0.514. The van der Waals surface area contributed by atoms with Gasteiger partial charge in [-0.15, -0.1) is 0 Å². The summed E-state index contributed by atoms with van der Waals surface area (Å²) < 4.78 is 33.9. The van der Waals surface area contributed by atoms with Crippen LogP contribution in [0.2, 0.25) is 0 Å². The third-order valence-corrected chi connectivity index (χ3v) is 5.41. The quantitative estimate of drug-likeness (QED) is 0.392. The average Bonchev–Trinajstić information content (AvgIpc) is 3.16. The normalized spacial score (nSPS) is 12.4. The maximum absolute atomic E-state index is 14.0. The maximum atomic E-state index is 14.0. The molecule has 0 aliphatic heterocycles. The van der Waals surface area contributed by atoms with Crippen molar-refractivity contribution in [3.63, 3.8) is 0 Å². The van der Waals surface area contributed by atoms with E-state index in [0.717, 1.165) is 17.0 Å². The molecule has 0 aliphatic rings. The first kappa shape index (κ1) is 19.9. The van der Waals surface area contributed by atoms with Gasteiger partial charge in [0.25, 0.3) is 0 Å². The van der Waals surface area contributed by atoms with Crippen LogP contribution in [-0.2, 0) is 0 Å². The second-order valence-electron chi connectivity index (χ2n) is 7.60. The van der Waals surface area contributed by atoms with Crippen molar-refractivity contribution in [3.8, 4) is 11.1 Å². The highest BCUT2D eigenvalue weighted by atomic mass is 19.1. The Morgan fingerprint density at radius 1 is 1.09 bits per heavy atom. The Balaban J connectivity index is 1.71. The van der Waals surface area contributed by atoms with Gasteiger partial charge in [-0.3, -0.25) is 4.79 Å². The van der Waals surface area contributed by atoms with Crippen LogP contribution >= 0.6 is 0 Å². The van der Waals surface area contributed by atoms with Gasteiger partial charge < -0.3 is 14.7 Å². The number of rotatable bonds is 4. The number of aryl methyl sites for hydroxylation is 1. The Morgan fingerprint density at radius 2 is 1.91 bits per heavy atom. The van der Waals surface area contributed by atoms with Gasteiger partial charge in [-0.1, -0.05) is 12.1 Å². The molecule has 0 saturated carbocycles. The number of nitrogens with zero attached hydrogens (tertiary/aromatic N) is 2. The fourth-order valence-corrected chi connectivity index (χ4v) is 3.90. The Bertz CT molecular complexity index is 1540. The third-order valence-electron chi connectivity index (χ3n) is 5.41. The van der Waals surface area contributed by atoms with Crippen LogP contribution in [0.1, 0.15) is 24.3 Å². The van der Waals surface area contributed by atoms with Gasteiger partial charge in [-0.2, -0.15) is 0 Å². The van der Waals surface area contributed by atoms with Crippen LogP contribution in [0.3, 0.4) is 0 Å². The molecule has 0 aliphatic carbocycles. The topological polar surface area (TPSA) is 83.8 Å².